The molecule has 4 fully saturated rings. The third-order valence-corrected chi connectivity index (χ3v) is 11.5. The molecule has 11 atom stereocenters. The van der Waals surface area contributed by atoms with E-state index in [0.717, 1.165) is 44.9 Å². The molecule has 188 valence electrons. The Morgan fingerprint density at radius 3 is 2.53 bits per heavy atom. The van der Waals surface area contributed by atoms with Crippen LogP contribution >= 0.6 is 0 Å². The lowest BCUT2D eigenvalue weighted by atomic mass is 9.51. The molecule has 0 aromatic rings. The molecule has 2 N–H and O–H groups in total. The molecule has 2 aliphatic heterocycles. The highest BCUT2D eigenvalue weighted by Crippen LogP contribution is 2.66. The zero-order valence-corrected chi connectivity index (χ0v) is 21.4. The van der Waals surface area contributed by atoms with Gasteiger partial charge in [-0.2, -0.15) is 0 Å². The van der Waals surface area contributed by atoms with Gasteiger partial charge >= 0.3 is 5.97 Å². The summed E-state index contributed by atoms with van der Waals surface area (Å²) in [6.45, 7) is 11.0. The Bertz CT molecular complexity index is 952. The molecule has 0 bridgehead atoms. The summed E-state index contributed by atoms with van der Waals surface area (Å²) in [5, 5.41) is 21.8. The first-order chi connectivity index (χ1) is 16.0. The van der Waals surface area contributed by atoms with Gasteiger partial charge in [-0.15, -0.1) is 0 Å². The van der Waals surface area contributed by atoms with Crippen LogP contribution in [0.25, 0.3) is 0 Å². The number of epoxide rings is 1. The van der Waals surface area contributed by atoms with Gasteiger partial charge in [0.05, 0.1) is 18.1 Å². The van der Waals surface area contributed by atoms with E-state index < -0.39 is 23.7 Å². The maximum Gasteiger partial charge on any atom is 0.312 e. The van der Waals surface area contributed by atoms with E-state index in [1.54, 1.807) is 0 Å². The number of rotatable bonds is 3. The topological polar surface area (TPSA) is 79.3 Å². The van der Waals surface area contributed by atoms with Crippen molar-refractivity contribution in [3.8, 4) is 0 Å². The summed E-state index contributed by atoms with van der Waals surface area (Å²) in [5.41, 5.74) is 2.58. The summed E-state index contributed by atoms with van der Waals surface area (Å²) in [6, 6.07) is 0. The van der Waals surface area contributed by atoms with E-state index in [1.165, 1.54) is 11.1 Å². The van der Waals surface area contributed by atoms with Crippen molar-refractivity contribution in [3.63, 3.8) is 0 Å². The second-order valence-corrected chi connectivity index (χ2v) is 13.1. The van der Waals surface area contributed by atoms with Gasteiger partial charge < -0.3 is 19.7 Å². The SMILES string of the molecule is CC(C)C1(C2OC(=O)C(C3CCC4C5=CCC6CC(O)CCC6(C)C5=CCC43C)C2O)OC1C. The number of cyclic esters (lactones) is 1. The Hall–Kier alpha value is -1.17. The Labute approximate surface area is 204 Å². The molecule has 4 aliphatic carbocycles. The van der Waals surface area contributed by atoms with E-state index in [9.17, 15) is 15.0 Å². The van der Waals surface area contributed by atoms with Crippen LogP contribution in [0.5, 0.6) is 0 Å². The minimum atomic E-state index is -0.812. The molecule has 6 rings (SSSR count). The number of hydrogen-bond donors (Lipinski definition) is 2. The molecule has 0 aromatic carbocycles. The van der Waals surface area contributed by atoms with Gasteiger partial charge in [0.25, 0.3) is 0 Å². The van der Waals surface area contributed by atoms with E-state index in [1.807, 2.05) is 6.92 Å². The van der Waals surface area contributed by atoms with Gasteiger partial charge in [-0.1, -0.05) is 39.8 Å². The van der Waals surface area contributed by atoms with Crippen molar-refractivity contribution in [2.75, 3.05) is 0 Å². The minimum Gasteiger partial charge on any atom is -0.456 e. The highest BCUT2D eigenvalue weighted by molar-refractivity contribution is 5.77. The number of fused-ring (bicyclic) bond motifs is 5. The maximum absolute atomic E-state index is 13.3. The molecule has 2 heterocycles. The van der Waals surface area contributed by atoms with Gasteiger partial charge in [-0.25, -0.2) is 0 Å². The zero-order chi connectivity index (χ0) is 24.2. The Morgan fingerprint density at radius 1 is 1.12 bits per heavy atom. The maximum atomic E-state index is 13.3. The van der Waals surface area contributed by atoms with Crippen LogP contribution in [0, 0.1) is 40.4 Å². The summed E-state index contributed by atoms with van der Waals surface area (Å²) in [7, 11) is 0. The summed E-state index contributed by atoms with van der Waals surface area (Å²) >= 11 is 0. The Kier molecular flexibility index (Phi) is 5.08. The first kappa shape index (κ1) is 23.2. The average Bonchev–Trinajstić information content (AvgIpc) is 3.22. The van der Waals surface area contributed by atoms with Gasteiger partial charge in [-0.05, 0) is 97.5 Å². The highest BCUT2D eigenvalue weighted by atomic mass is 16.7. The third kappa shape index (κ3) is 2.87. The van der Waals surface area contributed by atoms with Crippen LogP contribution in [0.3, 0.4) is 0 Å². The van der Waals surface area contributed by atoms with Crippen LogP contribution in [0.1, 0.15) is 79.6 Å². The molecule has 0 amide bonds. The normalized spacial score (nSPS) is 54.1. The van der Waals surface area contributed by atoms with Crippen molar-refractivity contribution in [1.82, 2.24) is 0 Å². The lowest BCUT2D eigenvalue weighted by Gasteiger charge is -2.53. The molecular formula is C29H42O5. The number of aliphatic hydroxyl groups is 2. The Balaban J connectivity index is 1.29. The van der Waals surface area contributed by atoms with Crippen molar-refractivity contribution in [3.05, 3.63) is 23.3 Å². The summed E-state index contributed by atoms with van der Waals surface area (Å²) in [5.74, 6) is 0.535. The quantitative estimate of drug-likeness (QED) is 0.467. The van der Waals surface area contributed by atoms with Crippen LogP contribution in [0.15, 0.2) is 23.3 Å². The molecule has 34 heavy (non-hydrogen) atoms. The van der Waals surface area contributed by atoms with Gasteiger partial charge in [0.1, 0.15) is 11.7 Å². The molecule has 0 radical (unpaired) electrons. The van der Waals surface area contributed by atoms with Gasteiger partial charge in [0, 0.05) is 0 Å². The number of allylic oxidation sites excluding steroid dienone is 4. The number of carbonyl (C=O) groups is 1. The molecule has 2 saturated heterocycles. The van der Waals surface area contributed by atoms with Gasteiger partial charge in [0.15, 0.2) is 6.10 Å². The molecule has 2 saturated carbocycles. The number of esters is 1. The minimum absolute atomic E-state index is 0.000816. The number of ether oxygens (including phenoxy) is 2. The predicted molar refractivity (Wildman–Crippen MR) is 129 cm³/mol. The molecular weight excluding hydrogens is 428 g/mol. The lowest BCUT2D eigenvalue weighted by molar-refractivity contribution is -0.149. The summed E-state index contributed by atoms with van der Waals surface area (Å²) < 4.78 is 11.9. The van der Waals surface area contributed by atoms with E-state index in [-0.39, 0.29) is 40.8 Å². The summed E-state index contributed by atoms with van der Waals surface area (Å²) in [4.78, 5) is 13.3. The fourth-order valence-corrected chi connectivity index (χ4v) is 9.32. The predicted octanol–water partition coefficient (Wildman–Crippen LogP) is 4.56. The van der Waals surface area contributed by atoms with Crippen LogP contribution in [0.4, 0.5) is 0 Å². The number of carbonyl (C=O) groups excluding carboxylic acids is 1. The monoisotopic (exact) mass is 470 g/mol. The van der Waals surface area contributed by atoms with Crippen LogP contribution in [-0.4, -0.2) is 46.2 Å². The zero-order valence-electron chi connectivity index (χ0n) is 21.4. The Morgan fingerprint density at radius 2 is 1.85 bits per heavy atom. The number of aliphatic hydroxyl groups excluding tert-OH is 2. The van der Waals surface area contributed by atoms with Crippen molar-refractivity contribution in [1.29, 1.82) is 0 Å². The van der Waals surface area contributed by atoms with E-state index >= 15 is 0 Å². The average molecular weight is 471 g/mol. The fraction of sp³-hybridized carbons (Fsp3) is 0.828. The van der Waals surface area contributed by atoms with Gasteiger partial charge in [0.2, 0.25) is 0 Å². The smallest absolute Gasteiger partial charge is 0.312 e. The van der Waals surface area contributed by atoms with E-state index in [2.05, 4.69) is 39.8 Å². The fourth-order valence-electron chi connectivity index (χ4n) is 9.32. The third-order valence-electron chi connectivity index (χ3n) is 11.5. The van der Waals surface area contributed by atoms with Crippen molar-refractivity contribution < 1.29 is 24.5 Å². The van der Waals surface area contributed by atoms with Crippen molar-refractivity contribution in [2.24, 2.45) is 40.4 Å². The van der Waals surface area contributed by atoms with Gasteiger partial charge in [-0.3, -0.25) is 4.79 Å². The van der Waals surface area contributed by atoms with Crippen molar-refractivity contribution >= 4 is 5.97 Å². The summed E-state index contributed by atoms with van der Waals surface area (Å²) in [6.07, 6.45) is 10.2. The second-order valence-electron chi connectivity index (χ2n) is 13.1. The highest BCUT2D eigenvalue weighted by Gasteiger charge is 2.70. The van der Waals surface area contributed by atoms with Crippen molar-refractivity contribution in [2.45, 2.75) is 110 Å². The van der Waals surface area contributed by atoms with Crippen LogP contribution < -0.4 is 0 Å². The standard InChI is InChI=1S/C29H42O5/c1-15(2)29(16(3)34-29)25-24(31)23(26(32)33-25)22-9-8-20-19-7-6-17-14-18(30)10-12-27(17,4)21(19)11-13-28(20,22)5/h7,11,15-18,20,22-25,30-31H,6,8-10,12-14H2,1-5H3. The number of hydrogen-bond acceptors (Lipinski definition) is 5. The van der Waals surface area contributed by atoms with E-state index in [0.29, 0.717) is 11.8 Å². The van der Waals surface area contributed by atoms with E-state index in [4.69, 9.17) is 9.47 Å². The lowest BCUT2D eigenvalue weighted by Crippen LogP contribution is -2.48. The second kappa shape index (κ2) is 7.43. The molecule has 0 aromatic heterocycles. The first-order valence-corrected chi connectivity index (χ1v) is 13.7. The molecule has 11 unspecified atom stereocenters. The molecule has 5 heteroatoms. The molecule has 5 nitrogen and oxygen atoms in total. The van der Waals surface area contributed by atoms with Crippen LogP contribution in [0.2, 0.25) is 0 Å². The van der Waals surface area contributed by atoms with Crippen LogP contribution in [-0.2, 0) is 14.3 Å². The molecule has 0 spiro atoms. The largest absolute Gasteiger partial charge is 0.456 e. The first-order valence-electron chi connectivity index (χ1n) is 13.7. The molecule has 6 aliphatic rings.